The number of ether oxygens (including phenoxy) is 1. The molecule has 8 nitrogen and oxygen atoms in total. The van der Waals surface area contributed by atoms with E-state index in [1.165, 1.54) is 18.4 Å². The first kappa shape index (κ1) is 31.8. The molecule has 226 valence electrons. The van der Waals surface area contributed by atoms with Gasteiger partial charge in [0.15, 0.2) is 0 Å². The van der Waals surface area contributed by atoms with Gasteiger partial charge in [0.1, 0.15) is 34.1 Å². The lowest BCUT2D eigenvalue weighted by molar-refractivity contribution is 0.0502. The zero-order valence-corrected chi connectivity index (χ0v) is 25.9. The van der Waals surface area contributed by atoms with Gasteiger partial charge in [-0.15, -0.1) is 0 Å². The van der Waals surface area contributed by atoms with Crippen LogP contribution < -0.4 is 16.4 Å². The molecule has 0 saturated heterocycles. The van der Waals surface area contributed by atoms with E-state index in [0.29, 0.717) is 39.2 Å². The summed E-state index contributed by atoms with van der Waals surface area (Å²) in [6.07, 6.45) is 0.639. The molecule has 0 spiro atoms. The SMILES string of the molecule is CNc1c(-c2cc3ccccc3nc2C(Cc2cc(F)cc(F)c2)NC(=O)OC(C)(C)C)ccc(Cl)c1/C(N)=N/S(C)=O. The lowest BCUT2D eigenvalue weighted by Gasteiger charge is -2.26. The van der Waals surface area contributed by atoms with Crippen LogP contribution in [0.4, 0.5) is 19.3 Å². The number of anilines is 1. The molecule has 4 rings (SSSR count). The van der Waals surface area contributed by atoms with Gasteiger partial charge in [-0.1, -0.05) is 35.9 Å². The summed E-state index contributed by atoms with van der Waals surface area (Å²) in [6.45, 7) is 5.19. The van der Waals surface area contributed by atoms with Gasteiger partial charge < -0.3 is 21.1 Å². The van der Waals surface area contributed by atoms with Gasteiger partial charge in [0.2, 0.25) is 0 Å². The maximum Gasteiger partial charge on any atom is 0.408 e. The van der Waals surface area contributed by atoms with Crippen molar-refractivity contribution in [3.63, 3.8) is 0 Å². The van der Waals surface area contributed by atoms with Crippen molar-refractivity contribution in [1.29, 1.82) is 0 Å². The van der Waals surface area contributed by atoms with E-state index in [9.17, 15) is 17.8 Å². The topological polar surface area (TPSA) is 119 Å². The second kappa shape index (κ2) is 13.0. The number of hydrogen-bond acceptors (Lipinski definition) is 5. The Bertz CT molecular complexity index is 1720. The van der Waals surface area contributed by atoms with Gasteiger partial charge in [-0.3, -0.25) is 0 Å². The summed E-state index contributed by atoms with van der Waals surface area (Å²) in [4.78, 5) is 18.0. The highest BCUT2D eigenvalue weighted by Gasteiger charge is 2.27. The Hall–Kier alpha value is -4.09. The number of carbonyl (C=O) groups excluding carboxylic acids is 1. The smallest absolute Gasteiger partial charge is 0.408 e. The number of carbonyl (C=O) groups is 1. The van der Waals surface area contributed by atoms with Gasteiger partial charge >= 0.3 is 6.09 Å². The van der Waals surface area contributed by atoms with E-state index in [1.807, 2.05) is 30.3 Å². The Morgan fingerprint density at radius 1 is 1.09 bits per heavy atom. The van der Waals surface area contributed by atoms with Gasteiger partial charge in [-0.2, -0.15) is 4.40 Å². The monoisotopic (exact) mass is 627 g/mol. The summed E-state index contributed by atoms with van der Waals surface area (Å²) in [7, 11) is 0.0791. The number of nitrogens with two attached hydrogens (primary N) is 1. The molecule has 43 heavy (non-hydrogen) atoms. The number of nitrogens with zero attached hydrogens (tertiary/aromatic N) is 2. The molecule has 0 aliphatic carbocycles. The van der Waals surface area contributed by atoms with Crippen molar-refractivity contribution in [2.75, 3.05) is 18.6 Å². The van der Waals surface area contributed by atoms with E-state index in [0.717, 1.165) is 11.5 Å². The first-order valence-corrected chi connectivity index (χ1v) is 15.2. The standard InChI is InChI=1S/C31H32ClF2N5O3S/c1-31(2,3)42-30(40)38-25(14-17-12-19(33)16-20(34)13-17)27-22(15-18-8-6-7-9-24(18)37-27)21-10-11-23(32)26(28(21)36-4)29(35)39-43(5)41/h6-13,15-16,25,36H,14H2,1-5H3,(H2,35,39)(H,38,40). The summed E-state index contributed by atoms with van der Waals surface area (Å²) < 4.78 is 49.9. The molecule has 0 aliphatic rings. The van der Waals surface area contributed by atoms with Crippen molar-refractivity contribution >= 4 is 51.1 Å². The van der Waals surface area contributed by atoms with Crippen LogP contribution in [0, 0.1) is 11.6 Å². The third kappa shape index (κ3) is 7.85. The molecule has 1 heterocycles. The number of nitrogens with one attached hydrogen (secondary N) is 2. The van der Waals surface area contributed by atoms with Crippen LogP contribution in [0.15, 0.2) is 65.1 Å². The number of benzene rings is 3. The molecule has 1 amide bonds. The molecule has 0 radical (unpaired) electrons. The van der Waals surface area contributed by atoms with Crippen LogP contribution in [-0.4, -0.2) is 40.0 Å². The maximum atomic E-state index is 14.2. The third-order valence-electron chi connectivity index (χ3n) is 6.31. The normalized spacial score (nSPS) is 13.4. The highest BCUT2D eigenvalue weighted by molar-refractivity contribution is 7.83. The minimum Gasteiger partial charge on any atom is -0.444 e. The van der Waals surface area contributed by atoms with Crippen LogP contribution in [0.25, 0.3) is 22.0 Å². The lowest BCUT2D eigenvalue weighted by Crippen LogP contribution is -2.36. The molecule has 0 aliphatic heterocycles. The van der Waals surface area contributed by atoms with Crippen LogP contribution in [0.1, 0.15) is 43.6 Å². The van der Waals surface area contributed by atoms with E-state index < -0.39 is 40.4 Å². The van der Waals surface area contributed by atoms with Gasteiger partial charge in [-0.25, -0.2) is 22.8 Å². The average Bonchev–Trinajstić information content (AvgIpc) is 2.89. The van der Waals surface area contributed by atoms with Crippen molar-refractivity contribution in [3.05, 3.63) is 94.1 Å². The van der Waals surface area contributed by atoms with Crippen LogP contribution in [0.3, 0.4) is 0 Å². The second-order valence-corrected chi connectivity index (χ2v) is 12.2. The van der Waals surface area contributed by atoms with Crippen molar-refractivity contribution < 1.29 is 22.5 Å². The van der Waals surface area contributed by atoms with Crippen molar-refractivity contribution in [2.45, 2.75) is 38.8 Å². The van der Waals surface area contributed by atoms with Gasteiger partial charge in [0.05, 0.1) is 33.5 Å². The molecule has 1 aromatic heterocycles. The Kier molecular flexibility index (Phi) is 9.66. The van der Waals surface area contributed by atoms with Crippen LogP contribution in [0.5, 0.6) is 0 Å². The largest absolute Gasteiger partial charge is 0.444 e. The van der Waals surface area contributed by atoms with E-state index in [1.54, 1.807) is 40.0 Å². The Morgan fingerprint density at radius 2 is 1.77 bits per heavy atom. The van der Waals surface area contributed by atoms with Crippen molar-refractivity contribution in [3.8, 4) is 11.1 Å². The van der Waals surface area contributed by atoms with E-state index >= 15 is 0 Å². The summed E-state index contributed by atoms with van der Waals surface area (Å²) >= 11 is 6.55. The van der Waals surface area contributed by atoms with Crippen molar-refractivity contribution in [2.24, 2.45) is 10.1 Å². The predicted molar refractivity (Wildman–Crippen MR) is 169 cm³/mol. The highest BCUT2D eigenvalue weighted by atomic mass is 35.5. The predicted octanol–water partition coefficient (Wildman–Crippen LogP) is 6.68. The summed E-state index contributed by atoms with van der Waals surface area (Å²) in [5, 5.41) is 7.05. The Labute approximate surface area is 256 Å². The molecule has 2 atom stereocenters. The molecule has 2 unspecified atom stereocenters. The number of para-hydroxylation sites is 1. The number of hydrogen-bond donors (Lipinski definition) is 3. The number of alkyl carbamates (subject to hydrolysis) is 1. The zero-order valence-electron chi connectivity index (χ0n) is 24.3. The minimum atomic E-state index is -1.60. The molecule has 4 N–H and O–H groups in total. The molecular weight excluding hydrogens is 596 g/mol. The number of amidine groups is 1. The van der Waals surface area contributed by atoms with E-state index in [2.05, 4.69) is 15.0 Å². The van der Waals surface area contributed by atoms with Crippen molar-refractivity contribution in [1.82, 2.24) is 10.3 Å². The molecular formula is C31H32ClF2N5O3S. The van der Waals surface area contributed by atoms with Gasteiger partial charge in [0.25, 0.3) is 0 Å². The fourth-order valence-electron chi connectivity index (χ4n) is 4.74. The summed E-state index contributed by atoms with van der Waals surface area (Å²) in [5.41, 5.74) is 8.73. The second-order valence-electron chi connectivity index (χ2n) is 10.8. The highest BCUT2D eigenvalue weighted by Crippen LogP contribution is 2.40. The first-order chi connectivity index (χ1) is 20.3. The van der Waals surface area contributed by atoms with Crippen LogP contribution >= 0.6 is 11.6 Å². The van der Waals surface area contributed by atoms with E-state index in [-0.39, 0.29) is 17.3 Å². The lowest BCUT2D eigenvalue weighted by atomic mass is 9.92. The number of amides is 1. The Morgan fingerprint density at radius 3 is 2.40 bits per heavy atom. The number of fused-ring (bicyclic) bond motifs is 1. The maximum absolute atomic E-state index is 14.2. The third-order valence-corrected chi connectivity index (χ3v) is 7.08. The number of aromatic nitrogens is 1. The molecule has 0 saturated carbocycles. The molecule has 4 aromatic rings. The Balaban J connectivity index is 2.00. The average molecular weight is 628 g/mol. The van der Waals surface area contributed by atoms with E-state index in [4.69, 9.17) is 27.1 Å². The quantitative estimate of drug-likeness (QED) is 0.148. The van der Waals surface area contributed by atoms with Gasteiger partial charge in [0, 0.05) is 35.9 Å². The van der Waals surface area contributed by atoms with Gasteiger partial charge in [-0.05, 0) is 63.1 Å². The first-order valence-electron chi connectivity index (χ1n) is 13.3. The fourth-order valence-corrected chi connectivity index (χ4v) is 5.36. The fraction of sp³-hybridized carbons (Fsp3) is 0.258. The zero-order chi connectivity index (χ0) is 31.5. The molecule has 12 heteroatoms. The molecule has 0 bridgehead atoms. The number of halogens is 3. The molecule has 0 fully saturated rings. The number of rotatable bonds is 8. The number of pyridine rings is 1. The van der Waals surface area contributed by atoms with Crippen LogP contribution in [-0.2, 0) is 22.1 Å². The van der Waals surface area contributed by atoms with Crippen LogP contribution in [0.2, 0.25) is 5.02 Å². The molecule has 3 aromatic carbocycles. The summed E-state index contributed by atoms with van der Waals surface area (Å²) in [5.74, 6) is -1.54. The minimum absolute atomic E-state index is 0.0139. The summed E-state index contributed by atoms with van der Waals surface area (Å²) in [6, 6.07) is 15.0.